The van der Waals surface area contributed by atoms with E-state index < -0.39 is 0 Å². The first-order valence-electron chi connectivity index (χ1n) is 7.43. The number of nitrogens with zero attached hydrogens (tertiary/aromatic N) is 5. The van der Waals surface area contributed by atoms with Gasteiger partial charge in [-0.25, -0.2) is 0 Å². The zero-order valence-corrected chi connectivity index (χ0v) is 12.7. The highest BCUT2D eigenvalue weighted by Gasteiger charge is 2.21. The Morgan fingerprint density at radius 2 is 1.90 bits per heavy atom. The first-order chi connectivity index (χ1) is 9.71. The van der Waals surface area contributed by atoms with Crippen molar-refractivity contribution in [2.24, 2.45) is 0 Å². The van der Waals surface area contributed by atoms with Crippen LogP contribution in [0.3, 0.4) is 0 Å². The number of nitriles is 1. The number of hydrogen-bond donors (Lipinski definition) is 0. The third-order valence-corrected chi connectivity index (χ3v) is 3.96. The first kappa shape index (κ1) is 14.7. The fourth-order valence-corrected chi connectivity index (χ4v) is 2.76. The maximum absolute atomic E-state index is 9.55. The second-order valence-electron chi connectivity index (χ2n) is 5.29. The van der Waals surface area contributed by atoms with Gasteiger partial charge < -0.3 is 9.80 Å². The lowest BCUT2D eigenvalue weighted by Crippen LogP contribution is -2.30. The molecule has 1 fully saturated rings. The van der Waals surface area contributed by atoms with Gasteiger partial charge in [0.15, 0.2) is 5.82 Å². The number of aromatic nitrogens is 2. The van der Waals surface area contributed by atoms with Crippen LogP contribution in [0.4, 0.5) is 5.82 Å². The molecule has 1 aromatic heterocycles. The second-order valence-corrected chi connectivity index (χ2v) is 5.29. The van der Waals surface area contributed by atoms with E-state index in [9.17, 15) is 5.26 Å². The van der Waals surface area contributed by atoms with Crippen LogP contribution in [0.2, 0.25) is 0 Å². The molecule has 2 heterocycles. The molecule has 0 N–H and O–H groups in total. The summed E-state index contributed by atoms with van der Waals surface area (Å²) in [6.07, 6.45) is 2.76. The highest BCUT2D eigenvalue weighted by atomic mass is 15.3. The highest BCUT2D eigenvalue weighted by molar-refractivity contribution is 5.58. The molecule has 108 valence electrons. The quantitative estimate of drug-likeness (QED) is 0.837. The van der Waals surface area contributed by atoms with Gasteiger partial charge in [-0.05, 0) is 38.4 Å². The van der Waals surface area contributed by atoms with Crippen LogP contribution in [0.25, 0.3) is 0 Å². The summed E-state index contributed by atoms with van der Waals surface area (Å²) < 4.78 is 0. The van der Waals surface area contributed by atoms with Gasteiger partial charge >= 0.3 is 0 Å². The van der Waals surface area contributed by atoms with Gasteiger partial charge in [-0.2, -0.15) is 10.4 Å². The van der Waals surface area contributed by atoms with E-state index in [4.69, 9.17) is 0 Å². The molecule has 1 saturated heterocycles. The van der Waals surface area contributed by atoms with Gasteiger partial charge in [-0.3, -0.25) is 0 Å². The van der Waals surface area contributed by atoms with Gasteiger partial charge in [-0.15, -0.1) is 5.10 Å². The summed E-state index contributed by atoms with van der Waals surface area (Å²) in [5, 5.41) is 18.2. The van der Waals surface area contributed by atoms with E-state index in [1.165, 1.54) is 0 Å². The van der Waals surface area contributed by atoms with Gasteiger partial charge in [0.05, 0.1) is 5.69 Å². The van der Waals surface area contributed by atoms with E-state index in [0.29, 0.717) is 0 Å². The minimum Gasteiger partial charge on any atom is -0.353 e. The zero-order valence-electron chi connectivity index (χ0n) is 12.7. The lowest BCUT2D eigenvalue weighted by atomic mass is 10.0. The Kier molecular flexibility index (Phi) is 4.91. The van der Waals surface area contributed by atoms with Crippen LogP contribution in [-0.2, 0) is 12.8 Å². The van der Waals surface area contributed by atoms with Crippen molar-refractivity contribution in [2.75, 3.05) is 38.1 Å². The maximum atomic E-state index is 9.55. The van der Waals surface area contributed by atoms with E-state index in [1.807, 2.05) is 0 Å². The molecule has 0 aromatic carbocycles. The Balaban J connectivity index is 2.38. The summed E-state index contributed by atoms with van der Waals surface area (Å²) >= 11 is 0. The van der Waals surface area contributed by atoms with Crippen molar-refractivity contribution in [2.45, 2.75) is 33.1 Å². The van der Waals surface area contributed by atoms with Gasteiger partial charge in [0.25, 0.3) is 0 Å². The molecule has 1 aliphatic rings. The Hall–Kier alpha value is -1.67. The molecule has 0 unspecified atom stereocenters. The summed E-state index contributed by atoms with van der Waals surface area (Å²) in [4.78, 5) is 4.54. The fraction of sp³-hybridized carbons (Fsp3) is 0.667. The standard InChI is InChI=1S/C15H23N5/c1-4-12-13(11-16)15(18-17-14(12)5-2)20-8-6-7-19(3)9-10-20/h4-10H2,1-3H3. The first-order valence-corrected chi connectivity index (χ1v) is 7.43. The molecule has 0 bridgehead atoms. The minimum atomic E-state index is 0.726. The van der Waals surface area contributed by atoms with Crippen molar-refractivity contribution in [3.05, 3.63) is 16.8 Å². The molecule has 5 heteroatoms. The molecule has 5 nitrogen and oxygen atoms in total. The predicted molar refractivity (Wildman–Crippen MR) is 79.8 cm³/mol. The summed E-state index contributed by atoms with van der Waals surface area (Å²) in [5.41, 5.74) is 2.75. The van der Waals surface area contributed by atoms with Gasteiger partial charge in [0.1, 0.15) is 11.6 Å². The number of likely N-dealkylation sites (N-methyl/N-ethyl adjacent to an activating group) is 1. The van der Waals surface area contributed by atoms with Crippen molar-refractivity contribution >= 4 is 5.82 Å². The molecule has 0 amide bonds. The van der Waals surface area contributed by atoms with Crippen molar-refractivity contribution in [3.8, 4) is 6.07 Å². The van der Waals surface area contributed by atoms with Crippen LogP contribution in [0.1, 0.15) is 37.1 Å². The van der Waals surface area contributed by atoms with Gasteiger partial charge in [0, 0.05) is 19.6 Å². The smallest absolute Gasteiger partial charge is 0.169 e. The van der Waals surface area contributed by atoms with Crippen molar-refractivity contribution in [3.63, 3.8) is 0 Å². The van der Waals surface area contributed by atoms with Crippen LogP contribution >= 0.6 is 0 Å². The Bertz CT molecular complexity index is 506. The van der Waals surface area contributed by atoms with E-state index in [1.54, 1.807) is 0 Å². The summed E-state index contributed by atoms with van der Waals surface area (Å²) in [6.45, 7) is 8.10. The average molecular weight is 273 g/mol. The third-order valence-electron chi connectivity index (χ3n) is 3.96. The monoisotopic (exact) mass is 273 g/mol. The highest BCUT2D eigenvalue weighted by Crippen LogP contribution is 2.24. The normalized spacial score (nSPS) is 16.8. The van der Waals surface area contributed by atoms with Crippen LogP contribution in [-0.4, -0.2) is 48.3 Å². The molecule has 0 radical (unpaired) electrons. The average Bonchev–Trinajstić information content (AvgIpc) is 2.70. The summed E-state index contributed by atoms with van der Waals surface area (Å²) in [6, 6.07) is 2.36. The largest absolute Gasteiger partial charge is 0.353 e. The molecule has 0 atom stereocenters. The van der Waals surface area contributed by atoms with Gasteiger partial charge in [-0.1, -0.05) is 13.8 Å². The fourth-order valence-electron chi connectivity index (χ4n) is 2.76. The van der Waals surface area contributed by atoms with Crippen molar-refractivity contribution in [1.82, 2.24) is 15.1 Å². The van der Waals surface area contributed by atoms with E-state index >= 15 is 0 Å². The molecule has 0 spiro atoms. The van der Waals surface area contributed by atoms with E-state index in [0.717, 1.165) is 68.1 Å². The minimum absolute atomic E-state index is 0.726. The van der Waals surface area contributed by atoms with Crippen molar-refractivity contribution in [1.29, 1.82) is 5.26 Å². The Labute approximate surface area is 121 Å². The topological polar surface area (TPSA) is 56.1 Å². The molecular weight excluding hydrogens is 250 g/mol. The predicted octanol–water partition coefficient (Wildman–Crippen LogP) is 1.61. The molecule has 20 heavy (non-hydrogen) atoms. The van der Waals surface area contributed by atoms with Crippen LogP contribution in [0.15, 0.2) is 0 Å². The van der Waals surface area contributed by atoms with Gasteiger partial charge in [0.2, 0.25) is 0 Å². The molecule has 1 aliphatic heterocycles. The molecular formula is C15H23N5. The van der Waals surface area contributed by atoms with E-state index in [2.05, 4.69) is 47.0 Å². The maximum Gasteiger partial charge on any atom is 0.169 e. The van der Waals surface area contributed by atoms with Crippen LogP contribution in [0, 0.1) is 11.3 Å². The summed E-state index contributed by atoms with van der Waals surface area (Å²) in [5.74, 6) is 0.775. The summed E-state index contributed by atoms with van der Waals surface area (Å²) in [7, 11) is 2.14. The third kappa shape index (κ3) is 2.91. The molecule has 0 aliphatic carbocycles. The molecule has 1 aromatic rings. The SMILES string of the molecule is CCc1nnc(N2CCCN(C)CC2)c(C#N)c1CC. The van der Waals surface area contributed by atoms with Crippen LogP contribution in [0.5, 0.6) is 0 Å². The second kappa shape index (κ2) is 6.67. The zero-order chi connectivity index (χ0) is 14.5. The number of aryl methyl sites for hydroxylation is 1. The molecule has 0 saturated carbocycles. The molecule has 2 rings (SSSR count). The lowest BCUT2D eigenvalue weighted by Gasteiger charge is -2.23. The number of hydrogen-bond acceptors (Lipinski definition) is 5. The number of rotatable bonds is 3. The lowest BCUT2D eigenvalue weighted by molar-refractivity contribution is 0.360. The van der Waals surface area contributed by atoms with E-state index in [-0.39, 0.29) is 0 Å². The Morgan fingerprint density at radius 3 is 2.55 bits per heavy atom. The van der Waals surface area contributed by atoms with Crippen molar-refractivity contribution < 1.29 is 0 Å². The van der Waals surface area contributed by atoms with Crippen LogP contribution < -0.4 is 4.90 Å². The number of anilines is 1. The Morgan fingerprint density at radius 1 is 1.10 bits per heavy atom.